The SMILES string of the molecule is CN=S1(=O)CCN(c2ccc3c(n2)C2=C4C=C(C3=C2F)C2[C@H](CNC(C)=O)OC(=O)N42)CC1. The summed E-state index contributed by atoms with van der Waals surface area (Å²) in [6, 6.07) is 3.24. The van der Waals surface area contributed by atoms with E-state index in [1.54, 1.807) is 7.05 Å². The van der Waals surface area contributed by atoms with Crippen LogP contribution in [0.4, 0.5) is 15.0 Å². The maximum Gasteiger partial charge on any atom is 0.415 e. The van der Waals surface area contributed by atoms with Gasteiger partial charge in [-0.3, -0.25) is 9.69 Å². The van der Waals surface area contributed by atoms with Crippen LogP contribution < -0.4 is 10.2 Å². The second-order valence-corrected chi connectivity index (χ2v) is 11.4. The zero-order chi connectivity index (χ0) is 23.1. The average molecular weight is 472 g/mol. The summed E-state index contributed by atoms with van der Waals surface area (Å²) in [5.74, 6) is 1.02. The molecule has 1 aromatic heterocycles. The molecule has 2 amide bonds. The molecule has 172 valence electrons. The predicted molar refractivity (Wildman–Crippen MR) is 120 cm³/mol. The van der Waals surface area contributed by atoms with Crippen molar-refractivity contribution in [1.82, 2.24) is 15.2 Å². The van der Waals surface area contributed by atoms with Gasteiger partial charge in [-0.25, -0.2) is 22.7 Å². The highest BCUT2D eigenvalue weighted by Gasteiger charge is 2.55. The molecule has 0 spiro atoms. The third-order valence-electron chi connectivity index (χ3n) is 6.89. The lowest BCUT2D eigenvalue weighted by molar-refractivity contribution is -0.119. The lowest BCUT2D eigenvalue weighted by atomic mass is 9.92. The predicted octanol–water partition coefficient (Wildman–Crippen LogP) is 1.68. The van der Waals surface area contributed by atoms with E-state index < -0.39 is 28.0 Å². The molecule has 1 aromatic rings. The van der Waals surface area contributed by atoms with Crippen molar-refractivity contribution >= 4 is 38.7 Å². The number of cyclic esters (lactones) is 1. The highest BCUT2D eigenvalue weighted by molar-refractivity contribution is 7.93. The van der Waals surface area contributed by atoms with Crippen molar-refractivity contribution in [2.75, 3.05) is 43.1 Å². The quantitative estimate of drug-likeness (QED) is 0.720. The van der Waals surface area contributed by atoms with Gasteiger partial charge in [0.2, 0.25) is 5.91 Å². The Morgan fingerprint density at radius 1 is 1.33 bits per heavy atom. The molecule has 4 bridgehead atoms. The number of halogens is 1. The van der Waals surface area contributed by atoms with E-state index in [4.69, 9.17) is 9.72 Å². The van der Waals surface area contributed by atoms with Crippen molar-refractivity contribution in [1.29, 1.82) is 0 Å². The Kier molecular flexibility index (Phi) is 4.26. The largest absolute Gasteiger partial charge is 0.441 e. The van der Waals surface area contributed by atoms with E-state index in [1.165, 1.54) is 11.8 Å². The third-order valence-corrected chi connectivity index (χ3v) is 9.20. The number of allylic oxidation sites excluding steroid dienone is 3. The summed E-state index contributed by atoms with van der Waals surface area (Å²) >= 11 is 0. The van der Waals surface area contributed by atoms with Gasteiger partial charge in [0.1, 0.15) is 23.8 Å². The van der Waals surface area contributed by atoms with Crippen LogP contribution in [0.15, 0.2) is 39.7 Å². The number of ether oxygens (including phenoxy) is 1. The van der Waals surface area contributed by atoms with Crippen molar-refractivity contribution < 1.29 is 22.9 Å². The van der Waals surface area contributed by atoms with Crippen LogP contribution in [0.3, 0.4) is 0 Å². The van der Waals surface area contributed by atoms with E-state index in [2.05, 4.69) is 9.68 Å². The van der Waals surface area contributed by atoms with Crippen molar-refractivity contribution in [3.8, 4) is 0 Å². The van der Waals surface area contributed by atoms with Gasteiger partial charge in [0.15, 0.2) is 0 Å². The maximum absolute atomic E-state index is 15.6. The highest BCUT2D eigenvalue weighted by Crippen LogP contribution is 2.57. The molecular formula is C22H22FN5O4S. The van der Waals surface area contributed by atoms with Crippen LogP contribution in [-0.2, 0) is 19.3 Å². The van der Waals surface area contributed by atoms with Gasteiger partial charge < -0.3 is 15.0 Å². The van der Waals surface area contributed by atoms with Crippen LogP contribution >= 0.6 is 0 Å². The van der Waals surface area contributed by atoms with Crippen LogP contribution in [0.2, 0.25) is 0 Å². The molecule has 9 nitrogen and oxygen atoms in total. The molecule has 6 rings (SSSR count). The van der Waals surface area contributed by atoms with Gasteiger partial charge in [-0.15, -0.1) is 0 Å². The second-order valence-electron chi connectivity index (χ2n) is 8.64. The zero-order valence-electron chi connectivity index (χ0n) is 18.1. The van der Waals surface area contributed by atoms with Crippen molar-refractivity contribution in [3.63, 3.8) is 0 Å². The molecule has 2 saturated heterocycles. The molecule has 1 N–H and O–H groups in total. The Morgan fingerprint density at radius 2 is 2.09 bits per heavy atom. The van der Waals surface area contributed by atoms with E-state index in [9.17, 15) is 13.8 Å². The molecule has 1 aliphatic carbocycles. The first-order valence-corrected chi connectivity index (χ1v) is 12.6. The Bertz CT molecular complexity index is 1340. The number of amides is 2. The van der Waals surface area contributed by atoms with Gasteiger partial charge in [-0.1, -0.05) is 0 Å². The summed E-state index contributed by atoms with van der Waals surface area (Å²) in [4.78, 5) is 32.3. The molecule has 0 aromatic carbocycles. The number of pyridine rings is 1. The number of carbonyl (C=O) groups excluding carboxylic acids is 2. The minimum atomic E-state index is -2.16. The van der Waals surface area contributed by atoms with Crippen LogP contribution in [0.1, 0.15) is 18.2 Å². The number of nitrogens with one attached hydrogen (secondary N) is 1. The molecular weight excluding hydrogens is 449 g/mol. The number of anilines is 1. The van der Waals surface area contributed by atoms with Crippen LogP contribution in [-0.4, -0.2) is 76.4 Å². The Balaban J connectivity index is 1.36. The smallest absolute Gasteiger partial charge is 0.415 e. The number of nitrogens with zero attached hydrogens (tertiary/aromatic N) is 4. The number of rotatable bonds is 3. The van der Waals surface area contributed by atoms with Gasteiger partial charge in [-0.2, -0.15) is 0 Å². The fourth-order valence-corrected chi connectivity index (χ4v) is 6.82. The summed E-state index contributed by atoms with van der Waals surface area (Å²) in [7, 11) is -0.563. The molecule has 33 heavy (non-hydrogen) atoms. The summed E-state index contributed by atoms with van der Waals surface area (Å²) < 4.78 is 37.7. The number of hydrogen-bond donors (Lipinski definition) is 1. The molecule has 4 aliphatic heterocycles. The van der Waals surface area contributed by atoms with Gasteiger partial charge in [0.25, 0.3) is 0 Å². The van der Waals surface area contributed by atoms with Gasteiger partial charge >= 0.3 is 6.09 Å². The number of aromatic nitrogens is 1. The second kappa shape index (κ2) is 6.89. The minimum Gasteiger partial charge on any atom is -0.441 e. The molecule has 0 radical (unpaired) electrons. The van der Waals surface area contributed by atoms with Crippen molar-refractivity contribution in [3.05, 3.63) is 46.6 Å². The van der Waals surface area contributed by atoms with Crippen LogP contribution in [0.25, 0.3) is 11.1 Å². The van der Waals surface area contributed by atoms with E-state index in [0.717, 1.165) is 0 Å². The Morgan fingerprint density at radius 3 is 2.79 bits per heavy atom. The Labute approximate surface area is 190 Å². The molecule has 0 saturated carbocycles. The lowest BCUT2D eigenvalue weighted by Crippen LogP contribution is -2.41. The molecule has 11 heteroatoms. The number of carbonyl (C=O) groups is 2. The summed E-state index contributed by atoms with van der Waals surface area (Å²) in [6.07, 6.45) is 0.671. The molecule has 2 fully saturated rings. The van der Waals surface area contributed by atoms with Crippen molar-refractivity contribution in [2.24, 2.45) is 4.36 Å². The van der Waals surface area contributed by atoms with Gasteiger partial charge in [0.05, 0.1) is 23.5 Å². The first-order valence-electron chi connectivity index (χ1n) is 10.8. The highest BCUT2D eigenvalue weighted by atomic mass is 32.2. The molecule has 2 atom stereocenters. The normalized spacial score (nSPS) is 26.3. The van der Waals surface area contributed by atoms with E-state index in [1.807, 2.05) is 23.1 Å². The van der Waals surface area contributed by atoms with E-state index >= 15 is 4.39 Å². The number of hydrogen-bond acceptors (Lipinski definition) is 7. The fraction of sp³-hybridized carbons (Fsp3) is 0.409. The monoisotopic (exact) mass is 471 g/mol. The molecule has 1 unspecified atom stereocenters. The number of fused-ring (bicyclic) bond motifs is 1. The average Bonchev–Trinajstić information content (AvgIpc) is 3.36. The summed E-state index contributed by atoms with van der Waals surface area (Å²) in [6.45, 7) is 2.67. The standard InChI is InChI=1S/C22H22FN5O4S/c1-11(29)25-10-15-21-13-9-14(28(21)22(30)32-15)18-19(23)17(13)12-3-4-16(26-20(12)18)27-5-7-33(31,24-2)8-6-27/h3-4,9,15,21H,5-8,10H2,1-2H3,(H,25,29)/t15-,21?/m0/s1. The Hall–Kier alpha value is -3.21. The fourth-order valence-electron chi connectivity index (χ4n) is 5.24. The summed E-state index contributed by atoms with van der Waals surface area (Å²) in [5.41, 5.74) is 3.05. The van der Waals surface area contributed by atoms with Gasteiger partial charge in [0, 0.05) is 59.4 Å². The van der Waals surface area contributed by atoms with Crippen LogP contribution in [0, 0.1) is 0 Å². The summed E-state index contributed by atoms with van der Waals surface area (Å²) in [5, 5.41) is 2.69. The topological polar surface area (TPSA) is 104 Å². The van der Waals surface area contributed by atoms with Crippen LogP contribution in [0.5, 0.6) is 0 Å². The molecule has 5 heterocycles. The maximum atomic E-state index is 15.6. The van der Waals surface area contributed by atoms with Gasteiger partial charge in [-0.05, 0) is 23.8 Å². The molecule has 5 aliphatic rings. The lowest BCUT2D eigenvalue weighted by Gasteiger charge is -2.30. The van der Waals surface area contributed by atoms with E-state index in [0.29, 0.717) is 64.1 Å². The first kappa shape index (κ1) is 20.4. The third kappa shape index (κ3) is 2.81. The van der Waals surface area contributed by atoms with Crippen molar-refractivity contribution in [2.45, 2.75) is 19.1 Å². The minimum absolute atomic E-state index is 0.156. The zero-order valence-corrected chi connectivity index (χ0v) is 18.9. The van der Waals surface area contributed by atoms with E-state index in [-0.39, 0.29) is 18.3 Å². The first-order chi connectivity index (χ1) is 15.8.